The Balaban J connectivity index is 0. The Kier molecular flexibility index (Phi) is 9.00. The van der Waals surface area contributed by atoms with E-state index < -0.39 is 17.2 Å². The van der Waals surface area contributed by atoms with E-state index in [9.17, 15) is 4.79 Å². The van der Waals surface area contributed by atoms with Gasteiger partial charge in [-0.1, -0.05) is 6.58 Å². The first-order chi connectivity index (χ1) is 4.00. The van der Waals surface area contributed by atoms with Gasteiger partial charge in [-0.15, -0.1) is 0 Å². The van der Waals surface area contributed by atoms with Gasteiger partial charge in [0.05, 0.1) is 0 Å². The molecule has 4 N–H and O–H groups in total. The van der Waals surface area contributed by atoms with E-state index in [4.69, 9.17) is 8.76 Å². The van der Waals surface area contributed by atoms with Crippen LogP contribution in [-0.4, -0.2) is 14.7 Å². The Bertz CT molecular complexity index is 120. The molecule has 0 aliphatic heterocycles. The van der Waals surface area contributed by atoms with Gasteiger partial charge in [-0.2, -0.15) is 0 Å². The van der Waals surface area contributed by atoms with E-state index in [2.05, 4.69) is 17.5 Å². The van der Waals surface area contributed by atoms with Crippen LogP contribution in [0.25, 0.3) is 0 Å². The first-order valence-electron chi connectivity index (χ1n) is 1.76. The van der Waals surface area contributed by atoms with Crippen LogP contribution in [0, 0.1) is 0 Å². The molecule has 1 atom stereocenters. The Morgan fingerprint density at radius 3 is 1.89 bits per heavy atom. The lowest BCUT2D eigenvalue weighted by Gasteiger charge is -1.85. The smallest absolute Gasteiger partial charge is 0.240 e. The average Bonchev–Trinajstić information content (AvgIpc) is 1.65. The van der Waals surface area contributed by atoms with E-state index in [-0.39, 0.29) is 0 Å². The lowest BCUT2D eigenvalue weighted by Crippen LogP contribution is -2.04. The van der Waals surface area contributed by atoms with Gasteiger partial charge in [0.25, 0.3) is 0 Å². The summed E-state index contributed by atoms with van der Waals surface area (Å²) in [7, 11) is 0. The van der Waals surface area contributed by atoms with Crippen molar-refractivity contribution in [3.8, 4) is 0 Å². The number of hydrogen-bond donors (Lipinski definition) is 2. The zero-order valence-corrected chi connectivity index (χ0v) is 5.39. The second-order valence-electron chi connectivity index (χ2n) is 0.867. The molecule has 0 heterocycles. The number of amides is 1. The fourth-order valence-corrected chi connectivity index (χ4v) is 0. The van der Waals surface area contributed by atoms with Crippen molar-refractivity contribution < 1.29 is 13.6 Å². The normalized spacial score (nSPS) is 10.4. The highest BCUT2D eigenvalue weighted by Gasteiger charge is 1.69. The van der Waals surface area contributed by atoms with Gasteiger partial charge in [-0.3, -0.25) is 14.1 Å². The summed E-state index contributed by atoms with van der Waals surface area (Å²) in [5, 5.41) is 4.03. The zero-order chi connectivity index (χ0) is 7.86. The number of hydrogen-bond acceptors (Lipinski definition) is 3. The Morgan fingerprint density at radius 2 is 1.89 bits per heavy atom. The van der Waals surface area contributed by atoms with E-state index in [0.29, 0.717) is 0 Å². The molecular weight excluding hydrogens is 144 g/mol. The summed E-state index contributed by atoms with van der Waals surface area (Å²) in [6, 6.07) is 0. The second kappa shape index (κ2) is 7.28. The summed E-state index contributed by atoms with van der Waals surface area (Å²) in [6.07, 6.45) is 1.06. The van der Waals surface area contributed by atoms with Crippen molar-refractivity contribution in [3.05, 3.63) is 12.7 Å². The summed E-state index contributed by atoms with van der Waals surface area (Å²) in [5.74, 6) is -0.481. The fraction of sp³-hybridized carbons (Fsp3) is 0. The summed E-state index contributed by atoms with van der Waals surface area (Å²) in [6.45, 7) is 3.09. The highest BCUT2D eigenvalue weighted by atomic mass is 32.2. The first kappa shape index (κ1) is 11.1. The van der Waals surface area contributed by atoms with E-state index in [1.54, 1.807) is 0 Å². The maximum atomic E-state index is 9.47. The maximum absolute atomic E-state index is 9.47. The summed E-state index contributed by atoms with van der Waals surface area (Å²) >= 11 is -2.36. The average molecular weight is 151 g/mol. The van der Waals surface area contributed by atoms with Crippen LogP contribution in [0.3, 0.4) is 0 Å². The van der Waals surface area contributed by atoms with Crippen LogP contribution in [-0.2, 0) is 16.1 Å². The van der Waals surface area contributed by atoms with Crippen LogP contribution in [0.2, 0.25) is 0 Å². The van der Waals surface area contributed by atoms with Crippen LogP contribution in [0.1, 0.15) is 0 Å². The van der Waals surface area contributed by atoms with Gasteiger partial charge in [-0.05, 0) is 6.08 Å². The second-order valence-corrected chi connectivity index (χ2v) is 1.39. The van der Waals surface area contributed by atoms with E-state index in [1.165, 1.54) is 0 Å². The molecule has 0 aromatic heterocycles. The molecule has 0 saturated carbocycles. The van der Waals surface area contributed by atoms with Crippen molar-refractivity contribution >= 4 is 17.2 Å². The van der Waals surface area contributed by atoms with Crippen molar-refractivity contribution in [3.63, 3.8) is 0 Å². The Morgan fingerprint density at radius 1 is 1.78 bits per heavy atom. The van der Waals surface area contributed by atoms with Crippen LogP contribution >= 0.6 is 0 Å². The number of carbonyl (C=O) groups excluding carboxylic acids is 1. The minimum Gasteiger partial charge on any atom is -0.760 e. The standard InChI is InChI=1S/C3H5NO.H3NO2S/c1-2-3(4)5;1-4(2)3/h2H,1H2,(H2,4,5);1H2,(H,2,3)/p-1. The topological polar surface area (TPSA) is 109 Å². The Hall–Kier alpha value is -0.720. The number of rotatable bonds is 1. The predicted octanol–water partition coefficient (Wildman–Crippen LogP) is -1.60. The molecule has 5 nitrogen and oxygen atoms in total. The van der Waals surface area contributed by atoms with Crippen LogP contribution in [0.5, 0.6) is 0 Å². The molecular formula is C3H7N2O3S-. The van der Waals surface area contributed by atoms with Gasteiger partial charge in [0.1, 0.15) is 0 Å². The molecule has 0 spiro atoms. The molecule has 0 radical (unpaired) electrons. The third-order valence-corrected chi connectivity index (χ3v) is 0.201. The first-order valence-corrected chi connectivity index (χ1v) is 2.90. The molecule has 0 aliphatic carbocycles. The molecule has 0 aromatic carbocycles. The quantitative estimate of drug-likeness (QED) is 0.347. The van der Waals surface area contributed by atoms with Gasteiger partial charge >= 0.3 is 0 Å². The van der Waals surface area contributed by atoms with Gasteiger partial charge in [0.2, 0.25) is 5.91 Å². The van der Waals surface area contributed by atoms with Gasteiger partial charge in [0, 0.05) is 11.3 Å². The molecule has 0 saturated heterocycles. The van der Waals surface area contributed by atoms with Crippen LogP contribution < -0.4 is 10.9 Å². The third kappa shape index (κ3) is 124. The summed E-state index contributed by atoms with van der Waals surface area (Å²) in [4.78, 5) is 9.47. The molecule has 0 bridgehead atoms. The van der Waals surface area contributed by atoms with Gasteiger partial charge in [-0.25, -0.2) is 0 Å². The number of carbonyl (C=O) groups is 1. The highest BCUT2D eigenvalue weighted by molar-refractivity contribution is 7.76. The summed E-state index contributed by atoms with van der Waals surface area (Å²) in [5.41, 5.74) is 4.53. The summed E-state index contributed by atoms with van der Waals surface area (Å²) < 4.78 is 17.6. The largest absolute Gasteiger partial charge is 0.760 e. The lowest BCUT2D eigenvalue weighted by molar-refractivity contribution is -0.113. The van der Waals surface area contributed by atoms with E-state index in [0.717, 1.165) is 6.08 Å². The lowest BCUT2D eigenvalue weighted by atomic mass is 10.6. The molecule has 0 fully saturated rings. The number of nitrogens with two attached hydrogens (primary N) is 2. The zero-order valence-electron chi connectivity index (χ0n) is 4.57. The van der Waals surface area contributed by atoms with Crippen LogP contribution in [0.15, 0.2) is 12.7 Å². The maximum Gasteiger partial charge on any atom is 0.240 e. The minimum absolute atomic E-state index is 0.481. The monoisotopic (exact) mass is 151 g/mol. The van der Waals surface area contributed by atoms with Gasteiger partial charge in [0.15, 0.2) is 0 Å². The highest BCUT2D eigenvalue weighted by Crippen LogP contribution is 1.48. The molecule has 0 rings (SSSR count). The van der Waals surface area contributed by atoms with E-state index in [1.807, 2.05) is 0 Å². The molecule has 0 aliphatic rings. The molecule has 0 aromatic rings. The van der Waals surface area contributed by atoms with Crippen molar-refractivity contribution in [1.29, 1.82) is 0 Å². The number of primary amides is 1. The van der Waals surface area contributed by atoms with Gasteiger partial charge < -0.3 is 10.3 Å². The van der Waals surface area contributed by atoms with Crippen molar-refractivity contribution in [2.75, 3.05) is 0 Å². The molecule has 1 amide bonds. The van der Waals surface area contributed by atoms with Crippen molar-refractivity contribution in [2.24, 2.45) is 10.9 Å². The van der Waals surface area contributed by atoms with E-state index >= 15 is 0 Å². The van der Waals surface area contributed by atoms with Crippen molar-refractivity contribution in [2.45, 2.75) is 0 Å². The van der Waals surface area contributed by atoms with Crippen LogP contribution in [0.4, 0.5) is 0 Å². The molecule has 9 heavy (non-hydrogen) atoms. The van der Waals surface area contributed by atoms with Crippen molar-refractivity contribution in [1.82, 2.24) is 0 Å². The predicted molar refractivity (Wildman–Crippen MR) is 32.5 cm³/mol. The fourth-order valence-electron chi connectivity index (χ4n) is 0. The molecule has 6 heteroatoms. The molecule has 1 unspecified atom stereocenters. The SMILES string of the molecule is C=CC(N)=O.NS(=O)[O-]. The Labute approximate surface area is 55.1 Å². The molecule has 54 valence electrons. The third-order valence-electron chi connectivity index (χ3n) is 0.201. The minimum atomic E-state index is -2.36.